The minimum atomic E-state index is -4.54. The van der Waals surface area contributed by atoms with E-state index in [1.54, 1.807) is 20.8 Å². The molecule has 14 heteroatoms. The van der Waals surface area contributed by atoms with Crippen molar-refractivity contribution in [2.24, 2.45) is 0 Å². The average molecular weight is 586 g/mol. The van der Waals surface area contributed by atoms with Gasteiger partial charge in [-0.15, -0.1) is 0 Å². The first-order valence-electron chi connectivity index (χ1n) is 12.7. The SMILES string of the molecule is COC1(Cn2nc(C(C)(F)F)c(C)c2C(=O)Nc2ccnc(S(=O)(=O)N(C(=O)OC(C)(C)C)C(C)(C)C)c2)CC1. The lowest BCUT2D eigenvalue weighted by Crippen LogP contribution is -2.51. The van der Waals surface area contributed by atoms with Crippen LogP contribution in [0.2, 0.25) is 0 Å². The van der Waals surface area contributed by atoms with Gasteiger partial charge in [0.2, 0.25) is 0 Å². The van der Waals surface area contributed by atoms with Gasteiger partial charge in [-0.3, -0.25) is 9.48 Å². The number of rotatable bonds is 8. The van der Waals surface area contributed by atoms with Gasteiger partial charge in [-0.1, -0.05) is 0 Å². The first-order chi connectivity index (χ1) is 18.1. The third-order valence-electron chi connectivity index (χ3n) is 6.16. The van der Waals surface area contributed by atoms with E-state index in [9.17, 15) is 26.8 Å². The second-order valence-corrected chi connectivity index (χ2v) is 13.7. The van der Waals surface area contributed by atoms with Crippen LogP contribution in [0, 0.1) is 6.92 Å². The Hall–Kier alpha value is -3.13. The first-order valence-corrected chi connectivity index (χ1v) is 14.1. The van der Waals surface area contributed by atoms with E-state index < -0.39 is 55.4 Å². The molecule has 0 spiro atoms. The molecule has 222 valence electrons. The summed E-state index contributed by atoms with van der Waals surface area (Å²) in [5.74, 6) is -4.08. The predicted octanol–water partition coefficient (Wildman–Crippen LogP) is 4.85. The van der Waals surface area contributed by atoms with Crippen LogP contribution in [-0.2, 0) is 32.0 Å². The molecule has 0 saturated heterocycles. The minimum absolute atomic E-state index is 0.0114. The Morgan fingerprint density at radius 2 is 1.75 bits per heavy atom. The summed E-state index contributed by atoms with van der Waals surface area (Å²) < 4.78 is 68.4. The molecule has 0 radical (unpaired) electrons. The summed E-state index contributed by atoms with van der Waals surface area (Å²) in [6, 6.07) is 2.42. The largest absolute Gasteiger partial charge is 0.443 e. The van der Waals surface area contributed by atoms with E-state index in [0.717, 1.165) is 12.3 Å². The number of aromatic nitrogens is 3. The second-order valence-electron chi connectivity index (χ2n) is 12.0. The fourth-order valence-electron chi connectivity index (χ4n) is 4.16. The van der Waals surface area contributed by atoms with Crippen molar-refractivity contribution in [2.45, 2.75) is 102 Å². The summed E-state index contributed by atoms with van der Waals surface area (Å²) in [7, 11) is -3.03. The zero-order chi connectivity index (χ0) is 30.5. The van der Waals surface area contributed by atoms with Crippen molar-refractivity contribution in [1.82, 2.24) is 19.1 Å². The van der Waals surface area contributed by atoms with Crippen molar-refractivity contribution < 1.29 is 36.3 Å². The van der Waals surface area contributed by atoms with Crippen molar-refractivity contribution in [3.63, 3.8) is 0 Å². The van der Waals surface area contributed by atoms with Gasteiger partial charge in [-0.05, 0) is 67.4 Å². The third kappa shape index (κ3) is 6.77. The van der Waals surface area contributed by atoms with Gasteiger partial charge < -0.3 is 14.8 Å². The molecule has 2 heterocycles. The number of pyridine rings is 1. The maximum atomic E-state index is 14.3. The number of ether oxygens (including phenoxy) is 2. The third-order valence-corrected chi connectivity index (χ3v) is 8.09. The zero-order valence-electron chi connectivity index (χ0n) is 24.3. The van der Waals surface area contributed by atoms with E-state index in [1.807, 2.05) is 0 Å². The number of sulfonamides is 1. The zero-order valence-corrected chi connectivity index (χ0v) is 25.1. The van der Waals surface area contributed by atoms with Crippen LogP contribution in [0.1, 0.15) is 83.1 Å². The van der Waals surface area contributed by atoms with Crippen molar-refractivity contribution in [3.8, 4) is 0 Å². The van der Waals surface area contributed by atoms with E-state index >= 15 is 0 Å². The Morgan fingerprint density at radius 1 is 1.15 bits per heavy atom. The smallest absolute Gasteiger partial charge is 0.424 e. The normalized spacial score (nSPS) is 15.5. The number of nitrogens with zero attached hydrogens (tertiary/aromatic N) is 4. The molecule has 1 aliphatic rings. The quantitative estimate of drug-likeness (QED) is 0.465. The molecule has 0 unspecified atom stereocenters. The topological polar surface area (TPSA) is 133 Å². The fourth-order valence-corrected chi connectivity index (χ4v) is 5.77. The highest BCUT2D eigenvalue weighted by atomic mass is 32.2. The van der Waals surface area contributed by atoms with Crippen LogP contribution in [0.3, 0.4) is 0 Å². The van der Waals surface area contributed by atoms with Crippen LogP contribution >= 0.6 is 0 Å². The average Bonchev–Trinajstić information content (AvgIpc) is 3.45. The van der Waals surface area contributed by atoms with Crippen molar-refractivity contribution in [2.75, 3.05) is 12.4 Å². The number of carbonyl (C=O) groups excluding carboxylic acids is 2. The van der Waals surface area contributed by atoms with Crippen LogP contribution < -0.4 is 5.32 Å². The van der Waals surface area contributed by atoms with E-state index in [0.29, 0.717) is 24.1 Å². The van der Waals surface area contributed by atoms with Crippen LogP contribution in [0.15, 0.2) is 23.4 Å². The molecule has 0 aromatic carbocycles. The van der Waals surface area contributed by atoms with Crippen LogP contribution in [0.5, 0.6) is 0 Å². The molecule has 1 N–H and O–H groups in total. The van der Waals surface area contributed by atoms with E-state index in [4.69, 9.17) is 9.47 Å². The van der Waals surface area contributed by atoms with E-state index in [-0.39, 0.29) is 23.5 Å². The number of carbonyl (C=O) groups is 2. The standard InChI is InChI=1S/C26H37F2N5O6S/c1-16-19(32(15-26(38-9)11-12-26)31-20(16)25(8,27)28)21(34)30-17-10-13-29-18(14-17)40(36,37)33(23(2,3)4)22(35)39-24(5,6)7/h10,13-14H,11-12,15H2,1-9H3,(H,29,30,34). The molecular formula is C26H37F2N5O6S. The lowest BCUT2D eigenvalue weighted by molar-refractivity contribution is 0.0103. The number of alkyl halides is 2. The van der Waals surface area contributed by atoms with Crippen LogP contribution in [-0.4, -0.2) is 63.3 Å². The summed E-state index contributed by atoms with van der Waals surface area (Å²) in [6.45, 7) is 11.6. The molecule has 0 bridgehead atoms. The van der Waals surface area contributed by atoms with Gasteiger partial charge in [0.25, 0.3) is 21.9 Å². The number of methoxy groups -OCH3 is 1. The second kappa shape index (κ2) is 10.4. The van der Waals surface area contributed by atoms with Crippen molar-refractivity contribution >= 4 is 27.7 Å². The molecule has 1 fully saturated rings. The molecular weight excluding hydrogens is 548 g/mol. The summed E-state index contributed by atoms with van der Waals surface area (Å²) in [6.07, 6.45) is 1.44. The van der Waals surface area contributed by atoms with Crippen LogP contribution in [0.25, 0.3) is 0 Å². The number of halogens is 2. The maximum Gasteiger partial charge on any atom is 0.424 e. The highest BCUT2D eigenvalue weighted by molar-refractivity contribution is 7.89. The monoisotopic (exact) mass is 585 g/mol. The lowest BCUT2D eigenvalue weighted by Gasteiger charge is -2.35. The number of amides is 2. The summed E-state index contributed by atoms with van der Waals surface area (Å²) >= 11 is 0. The number of hydrogen-bond donors (Lipinski definition) is 1. The Bertz CT molecular complexity index is 1400. The van der Waals surface area contributed by atoms with Gasteiger partial charge in [0.1, 0.15) is 17.0 Å². The molecule has 0 atom stereocenters. The summed E-state index contributed by atoms with van der Waals surface area (Å²) in [5, 5.41) is 6.07. The first kappa shape index (κ1) is 31.4. The number of hydrogen-bond acceptors (Lipinski definition) is 8. The molecule has 0 aliphatic heterocycles. The van der Waals surface area contributed by atoms with Crippen molar-refractivity contribution in [3.05, 3.63) is 35.3 Å². The van der Waals surface area contributed by atoms with Gasteiger partial charge in [0, 0.05) is 37.5 Å². The van der Waals surface area contributed by atoms with Gasteiger partial charge in [-0.25, -0.2) is 9.78 Å². The molecule has 2 aromatic heterocycles. The highest BCUT2D eigenvalue weighted by Gasteiger charge is 2.46. The predicted molar refractivity (Wildman–Crippen MR) is 143 cm³/mol. The van der Waals surface area contributed by atoms with Gasteiger partial charge in [0.05, 0.1) is 17.7 Å². The molecule has 1 saturated carbocycles. The molecule has 2 amide bonds. The Balaban J connectivity index is 1.99. The molecule has 1 aliphatic carbocycles. The number of nitrogens with one attached hydrogen (secondary N) is 1. The molecule has 40 heavy (non-hydrogen) atoms. The Morgan fingerprint density at radius 3 is 2.23 bits per heavy atom. The van der Waals surface area contributed by atoms with E-state index in [2.05, 4.69) is 15.4 Å². The van der Waals surface area contributed by atoms with Crippen molar-refractivity contribution in [1.29, 1.82) is 0 Å². The molecule has 11 nitrogen and oxygen atoms in total. The summed E-state index contributed by atoms with van der Waals surface area (Å²) in [5.41, 5.74) is -3.41. The van der Waals surface area contributed by atoms with Gasteiger partial charge in [-0.2, -0.15) is 26.6 Å². The van der Waals surface area contributed by atoms with Crippen LogP contribution in [0.4, 0.5) is 19.3 Å². The Labute approximate surface area is 233 Å². The van der Waals surface area contributed by atoms with Gasteiger partial charge >= 0.3 is 6.09 Å². The lowest BCUT2D eigenvalue weighted by atomic mass is 10.1. The fraction of sp³-hybridized carbons (Fsp3) is 0.615. The Kier molecular flexibility index (Phi) is 8.14. The molecule has 3 rings (SSSR count). The minimum Gasteiger partial charge on any atom is -0.443 e. The van der Waals surface area contributed by atoms with E-state index in [1.165, 1.54) is 45.6 Å². The highest BCUT2D eigenvalue weighted by Crippen LogP contribution is 2.41. The number of anilines is 1. The maximum absolute atomic E-state index is 14.3. The summed E-state index contributed by atoms with van der Waals surface area (Å²) in [4.78, 5) is 30.2. The molecule has 2 aromatic rings. The van der Waals surface area contributed by atoms with Gasteiger partial charge in [0.15, 0.2) is 5.03 Å².